The van der Waals surface area contributed by atoms with Crippen molar-refractivity contribution in [3.8, 4) is 11.8 Å². The lowest BCUT2D eigenvalue weighted by atomic mass is 10.2. The van der Waals surface area contributed by atoms with Gasteiger partial charge in [0.25, 0.3) is 0 Å². The smallest absolute Gasteiger partial charge is 0.104 e. The van der Waals surface area contributed by atoms with Crippen molar-refractivity contribution in [1.29, 1.82) is 0 Å². The van der Waals surface area contributed by atoms with E-state index in [1.54, 1.807) is 11.3 Å². The van der Waals surface area contributed by atoms with Crippen LogP contribution in [0.5, 0.6) is 0 Å². The van der Waals surface area contributed by atoms with Crippen LogP contribution in [0.15, 0.2) is 36.0 Å². The second-order valence-corrected chi connectivity index (χ2v) is 7.02. The van der Waals surface area contributed by atoms with Gasteiger partial charge in [0.1, 0.15) is 6.61 Å². The maximum Gasteiger partial charge on any atom is 0.104 e. The summed E-state index contributed by atoms with van der Waals surface area (Å²) in [4.78, 5) is 10.5. The quantitative estimate of drug-likeness (QED) is 0.866. The van der Waals surface area contributed by atoms with E-state index in [1.165, 1.54) is 16.9 Å². The molecule has 1 saturated heterocycles. The maximum absolute atomic E-state index is 8.77. The number of hydrogen-bond donors (Lipinski definition) is 1. The first-order chi connectivity index (χ1) is 11.8. The molecule has 0 spiro atoms. The lowest BCUT2D eigenvalue weighted by molar-refractivity contribution is 0.248. The number of pyridine rings is 1. The maximum atomic E-state index is 8.77. The van der Waals surface area contributed by atoms with E-state index in [4.69, 9.17) is 5.11 Å². The molecule has 126 valence electrons. The van der Waals surface area contributed by atoms with E-state index >= 15 is 0 Å². The number of aromatic nitrogens is 1. The topological polar surface area (TPSA) is 39.6 Å². The molecule has 0 aliphatic carbocycles. The standard InChI is InChI=1S/C19H23N3OS/c23-12-1-3-18-13-19(24-16-18)15-22-9-2-8-21(10-11-22)14-17-4-6-20-7-5-17/h4-7,13,16,23H,2,8-12,14-15H2. The van der Waals surface area contributed by atoms with Crippen LogP contribution in [-0.4, -0.2) is 52.7 Å². The zero-order valence-corrected chi connectivity index (χ0v) is 14.6. The Morgan fingerprint density at radius 1 is 1.08 bits per heavy atom. The molecule has 5 heteroatoms. The van der Waals surface area contributed by atoms with Gasteiger partial charge in [0.2, 0.25) is 0 Å². The van der Waals surface area contributed by atoms with Crippen molar-refractivity contribution in [2.24, 2.45) is 0 Å². The number of hydrogen-bond acceptors (Lipinski definition) is 5. The third-order valence-corrected chi connectivity index (χ3v) is 5.10. The summed E-state index contributed by atoms with van der Waals surface area (Å²) in [5.41, 5.74) is 2.35. The van der Waals surface area contributed by atoms with Gasteiger partial charge in [0.15, 0.2) is 0 Å². The molecular weight excluding hydrogens is 318 g/mol. The SMILES string of the molecule is OCC#Cc1csc(CN2CCCN(Cc3ccncc3)CC2)c1. The minimum atomic E-state index is -0.0788. The molecule has 0 unspecified atom stereocenters. The fraction of sp³-hybridized carbons (Fsp3) is 0.421. The lowest BCUT2D eigenvalue weighted by Crippen LogP contribution is -2.30. The highest BCUT2D eigenvalue weighted by Crippen LogP contribution is 2.17. The fourth-order valence-electron chi connectivity index (χ4n) is 2.98. The highest BCUT2D eigenvalue weighted by atomic mass is 32.1. The Morgan fingerprint density at radius 3 is 2.58 bits per heavy atom. The van der Waals surface area contributed by atoms with Gasteiger partial charge in [-0.1, -0.05) is 11.8 Å². The predicted octanol–water partition coefficient (Wildman–Crippen LogP) is 2.19. The van der Waals surface area contributed by atoms with Crippen molar-refractivity contribution in [3.05, 3.63) is 52.0 Å². The highest BCUT2D eigenvalue weighted by molar-refractivity contribution is 7.10. The Hall–Kier alpha value is -1.71. The van der Waals surface area contributed by atoms with Crippen LogP contribution in [-0.2, 0) is 13.1 Å². The Morgan fingerprint density at radius 2 is 1.83 bits per heavy atom. The molecular formula is C19H23N3OS. The molecule has 1 fully saturated rings. The van der Waals surface area contributed by atoms with Crippen LogP contribution in [0, 0.1) is 11.8 Å². The van der Waals surface area contributed by atoms with Crippen molar-refractivity contribution >= 4 is 11.3 Å². The molecule has 0 bridgehead atoms. The van der Waals surface area contributed by atoms with E-state index in [0.717, 1.165) is 44.8 Å². The minimum Gasteiger partial charge on any atom is -0.384 e. The van der Waals surface area contributed by atoms with Gasteiger partial charge >= 0.3 is 0 Å². The van der Waals surface area contributed by atoms with E-state index in [9.17, 15) is 0 Å². The summed E-state index contributed by atoms with van der Waals surface area (Å²) in [7, 11) is 0. The molecule has 2 aromatic rings. The van der Waals surface area contributed by atoms with Crippen molar-refractivity contribution in [2.45, 2.75) is 19.5 Å². The van der Waals surface area contributed by atoms with E-state index in [0.29, 0.717) is 0 Å². The zero-order valence-electron chi connectivity index (χ0n) is 13.8. The Kier molecular flexibility index (Phi) is 6.39. The van der Waals surface area contributed by atoms with Gasteiger partial charge in [-0.25, -0.2) is 0 Å². The van der Waals surface area contributed by atoms with Crippen molar-refractivity contribution in [2.75, 3.05) is 32.8 Å². The van der Waals surface area contributed by atoms with Crippen LogP contribution in [0.25, 0.3) is 0 Å². The molecule has 3 heterocycles. The molecule has 0 saturated carbocycles. The van der Waals surface area contributed by atoms with Gasteiger partial charge in [-0.05, 0) is 43.3 Å². The average molecular weight is 341 g/mol. The van der Waals surface area contributed by atoms with Gasteiger partial charge in [0, 0.05) is 54.4 Å². The largest absolute Gasteiger partial charge is 0.384 e. The molecule has 1 aliphatic rings. The third-order valence-electron chi connectivity index (χ3n) is 4.18. The molecule has 0 amide bonds. The fourth-order valence-corrected chi connectivity index (χ4v) is 3.84. The van der Waals surface area contributed by atoms with Gasteiger partial charge in [-0.3, -0.25) is 14.8 Å². The summed E-state index contributed by atoms with van der Waals surface area (Å²) in [6.45, 7) is 6.42. The molecule has 3 rings (SSSR count). The average Bonchev–Trinajstić information content (AvgIpc) is 2.94. The summed E-state index contributed by atoms with van der Waals surface area (Å²) < 4.78 is 0. The first kappa shape index (κ1) is 17.1. The van der Waals surface area contributed by atoms with E-state index in [-0.39, 0.29) is 6.61 Å². The molecule has 1 N–H and O–H groups in total. The van der Waals surface area contributed by atoms with Crippen LogP contribution in [0.4, 0.5) is 0 Å². The summed E-state index contributed by atoms with van der Waals surface area (Å²) in [5, 5.41) is 10.8. The Bertz CT molecular complexity index is 689. The molecule has 2 aromatic heterocycles. The summed E-state index contributed by atoms with van der Waals surface area (Å²) in [6, 6.07) is 6.35. The summed E-state index contributed by atoms with van der Waals surface area (Å²) in [5.74, 6) is 5.69. The number of aliphatic hydroxyl groups excluding tert-OH is 1. The second-order valence-electron chi connectivity index (χ2n) is 6.02. The highest BCUT2D eigenvalue weighted by Gasteiger charge is 2.15. The molecule has 1 aliphatic heterocycles. The van der Waals surface area contributed by atoms with Crippen LogP contribution in [0.2, 0.25) is 0 Å². The summed E-state index contributed by atoms with van der Waals surface area (Å²) >= 11 is 1.76. The van der Waals surface area contributed by atoms with E-state index < -0.39 is 0 Å². The third kappa shape index (κ3) is 5.15. The first-order valence-corrected chi connectivity index (χ1v) is 9.22. The van der Waals surface area contributed by atoms with Crippen molar-refractivity contribution in [1.82, 2.24) is 14.8 Å². The van der Waals surface area contributed by atoms with Crippen LogP contribution in [0.3, 0.4) is 0 Å². The second kappa shape index (κ2) is 8.95. The van der Waals surface area contributed by atoms with Gasteiger partial charge in [-0.2, -0.15) is 0 Å². The number of rotatable bonds is 4. The number of nitrogens with zero attached hydrogens (tertiary/aromatic N) is 3. The molecule has 4 nitrogen and oxygen atoms in total. The lowest BCUT2D eigenvalue weighted by Gasteiger charge is -2.21. The van der Waals surface area contributed by atoms with E-state index in [2.05, 4.69) is 50.2 Å². The van der Waals surface area contributed by atoms with Crippen LogP contribution < -0.4 is 0 Å². The van der Waals surface area contributed by atoms with Gasteiger partial charge < -0.3 is 5.11 Å². The zero-order chi connectivity index (χ0) is 16.6. The minimum absolute atomic E-state index is 0.0788. The number of thiophene rings is 1. The van der Waals surface area contributed by atoms with Gasteiger partial charge in [0.05, 0.1) is 0 Å². The van der Waals surface area contributed by atoms with E-state index in [1.807, 2.05) is 12.4 Å². The Balaban J connectivity index is 1.51. The molecule has 0 atom stereocenters. The Labute approximate surface area is 147 Å². The summed E-state index contributed by atoms with van der Waals surface area (Å²) in [6.07, 6.45) is 4.94. The molecule has 0 aromatic carbocycles. The molecule has 24 heavy (non-hydrogen) atoms. The first-order valence-electron chi connectivity index (χ1n) is 8.34. The van der Waals surface area contributed by atoms with Gasteiger partial charge in [-0.15, -0.1) is 11.3 Å². The van der Waals surface area contributed by atoms with Crippen molar-refractivity contribution < 1.29 is 5.11 Å². The number of aliphatic hydroxyl groups is 1. The van der Waals surface area contributed by atoms with Crippen LogP contribution in [0.1, 0.15) is 22.4 Å². The monoisotopic (exact) mass is 341 g/mol. The van der Waals surface area contributed by atoms with Crippen LogP contribution >= 0.6 is 11.3 Å². The predicted molar refractivity (Wildman–Crippen MR) is 97.7 cm³/mol. The van der Waals surface area contributed by atoms with Crippen molar-refractivity contribution in [3.63, 3.8) is 0 Å². The molecule has 0 radical (unpaired) electrons. The normalized spacial score (nSPS) is 16.4.